The summed E-state index contributed by atoms with van der Waals surface area (Å²) < 4.78 is 5.86. The van der Waals surface area contributed by atoms with Crippen molar-refractivity contribution in [3.63, 3.8) is 0 Å². The summed E-state index contributed by atoms with van der Waals surface area (Å²) in [6.45, 7) is 21.1. The van der Waals surface area contributed by atoms with E-state index in [9.17, 15) is 9.90 Å². The number of carbonyl (C=O) groups excluding carboxylic acids is 1. The van der Waals surface area contributed by atoms with Crippen LogP contribution in [0.5, 0.6) is 0 Å². The normalized spacial score (nSPS) is 52.6. The van der Waals surface area contributed by atoms with Crippen LogP contribution >= 0.6 is 0 Å². The minimum Gasteiger partial charge on any atom is -0.462 e. The summed E-state index contributed by atoms with van der Waals surface area (Å²) in [6.07, 6.45) is 11.5. The standard InChI is InChI=1S/C32H52O3/c1-19(2)21-10-13-25-30(21,7)16-17-31(8)22-11-12-24-28(4,5)27(35-20(3)33)14-15-29(24,6)23(22)18-26(34)32(25,31)9/h18-19,21-22,24-27,34H,10-17H2,1-9H3. The Balaban J connectivity index is 1.55. The van der Waals surface area contributed by atoms with Crippen molar-refractivity contribution >= 4 is 5.97 Å². The minimum atomic E-state index is -0.376. The van der Waals surface area contributed by atoms with Crippen LogP contribution in [0.15, 0.2) is 11.6 Å². The second kappa shape index (κ2) is 7.84. The fourth-order valence-electron chi connectivity index (χ4n) is 11.7. The van der Waals surface area contributed by atoms with Crippen molar-refractivity contribution in [2.75, 3.05) is 0 Å². The van der Waals surface area contributed by atoms with E-state index in [1.165, 1.54) is 38.5 Å². The molecule has 0 aromatic rings. The summed E-state index contributed by atoms with van der Waals surface area (Å²) in [6, 6.07) is 0. The van der Waals surface area contributed by atoms with Crippen molar-refractivity contribution in [1.82, 2.24) is 0 Å². The molecule has 0 saturated heterocycles. The van der Waals surface area contributed by atoms with Gasteiger partial charge in [-0.05, 0) is 97.2 Å². The molecule has 10 unspecified atom stereocenters. The third-order valence-corrected chi connectivity index (χ3v) is 13.6. The van der Waals surface area contributed by atoms with Gasteiger partial charge in [0.25, 0.3) is 0 Å². The summed E-state index contributed by atoms with van der Waals surface area (Å²) in [4.78, 5) is 11.9. The smallest absolute Gasteiger partial charge is 0.302 e. The van der Waals surface area contributed by atoms with E-state index in [4.69, 9.17) is 4.74 Å². The first kappa shape index (κ1) is 25.8. The van der Waals surface area contributed by atoms with E-state index in [-0.39, 0.29) is 39.8 Å². The maximum Gasteiger partial charge on any atom is 0.302 e. The molecule has 5 aliphatic rings. The lowest BCUT2D eigenvalue weighted by molar-refractivity contribution is -0.202. The van der Waals surface area contributed by atoms with Crippen LogP contribution < -0.4 is 0 Å². The predicted molar refractivity (Wildman–Crippen MR) is 142 cm³/mol. The lowest BCUT2D eigenvalue weighted by Crippen LogP contribution is -2.66. The highest BCUT2D eigenvalue weighted by atomic mass is 16.5. The van der Waals surface area contributed by atoms with Crippen molar-refractivity contribution in [3.8, 4) is 0 Å². The van der Waals surface area contributed by atoms with E-state index in [0.29, 0.717) is 29.1 Å². The van der Waals surface area contributed by atoms with E-state index >= 15 is 0 Å². The predicted octanol–water partition coefficient (Wildman–Crippen LogP) is 7.57. The quantitative estimate of drug-likeness (QED) is 0.325. The number of hydrogen-bond acceptors (Lipinski definition) is 3. The third-order valence-electron chi connectivity index (χ3n) is 13.6. The molecule has 0 amide bonds. The number of esters is 1. The highest BCUT2D eigenvalue weighted by molar-refractivity contribution is 5.66. The van der Waals surface area contributed by atoms with Crippen molar-refractivity contribution in [2.24, 2.45) is 56.7 Å². The molecule has 3 nitrogen and oxygen atoms in total. The fourth-order valence-corrected chi connectivity index (χ4v) is 11.7. The Labute approximate surface area is 214 Å². The fraction of sp³-hybridized carbons (Fsp3) is 0.906. The van der Waals surface area contributed by atoms with E-state index < -0.39 is 0 Å². The molecule has 4 fully saturated rings. The van der Waals surface area contributed by atoms with Crippen molar-refractivity contribution in [1.29, 1.82) is 0 Å². The lowest BCUT2D eigenvalue weighted by atomic mass is 9.35. The summed E-state index contributed by atoms with van der Waals surface area (Å²) >= 11 is 0. The van der Waals surface area contributed by atoms with Gasteiger partial charge in [0.15, 0.2) is 0 Å². The Morgan fingerprint density at radius 3 is 2.23 bits per heavy atom. The monoisotopic (exact) mass is 484 g/mol. The number of fused-ring (bicyclic) bond motifs is 7. The molecule has 35 heavy (non-hydrogen) atoms. The number of rotatable bonds is 2. The first-order chi connectivity index (χ1) is 16.1. The first-order valence-corrected chi connectivity index (χ1v) is 14.7. The Morgan fingerprint density at radius 1 is 0.943 bits per heavy atom. The molecule has 0 spiro atoms. The van der Waals surface area contributed by atoms with Crippen LogP contribution in [0, 0.1) is 56.7 Å². The van der Waals surface area contributed by atoms with E-state index in [1.54, 1.807) is 12.5 Å². The van der Waals surface area contributed by atoms with Gasteiger partial charge in [-0.25, -0.2) is 0 Å². The minimum absolute atomic E-state index is 0.00793. The van der Waals surface area contributed by atoms with Crippen molar-refractivity contribution in [2.45, 2.75) is 126 Å². The molecule has 3 heteroatoms. The Bertz CT molecular complexity index is 918. The van der Waals surface area contributed by atoms with Gasteiger partial charge in [-0.3, -0.25) is 4.79 Å². The second-order valence-electron chi connectivity index (χ2n) is 15.3. The summed E-state index contributed by atoms with van der Waals surface area (Å²) in [5, 5.41) is 12.1. The molecule has 1 N–H and O–H groups in total. The van der Waals surface area contributed by atoms with Gasteiger partial charge in [-0.2, -0.15) is 0 Å². The summed E-state index contributed by atoms with van der Waals surface area (Å²) in [5.41, 5.74) is 1.99. The van der Waals surface area contributed by atoms with Gasteiger partial charge in [0, 0.05) is 17.8 Å². The van der Waals surface area contributed by atoms with Crippen LogP contribution in [0.4, 0.5) is 0 Å². The zero-order valence-electron chi connectivity index (χ0n) is 24.0. The SMILES string of the molecule is CC(=O)OC1CCC2(C)C3=CC(O)C4(C)C5CCC(C(C)C)C5(C)CCC4(C)C3CCC2C1(C)C. The van der Waals surface area contributed by atoms with Crippen molar-refractivity contribution in [3.05, 3.63) is 11.6 Å². The second-order valence-corrected chi connectivity index (χ2v) is 15.3. The lowest BCUT2D eigenvalue weighted by Gasteiger charge is -2.70. The van der Waals surface area contributed by atoms with Gasteiger partial charge in [-0.1, -0.05) is 67.0 Å². The largest absolute Gasteiger partial charge is 0.462 e. The molecule has 198 valence electrons. The highest BCUT2D eigenvalue weighted by Gasteiger charge is 2.70. The number of allylic oxidation sites excluding steroid dienone is 1. The Hall–Kier alpha value is -0.830. The van der Waals surface area contributed by atoms with Crippen LogP contribution in [0.2, 0.25) is 0 Å². The van der Waals surface area contributed by atoms with Gasteiger partial charge in [0.1, 0.15) is 6.10 Å². The molecule has 0 bridgehead atoms. The number of aliphatic hydroxyl groups excluding tert-OH is 1. The van der Waals surface area contributed by atoms with Gasteiger partial charge in [0.2, 0.25) is 0 Å². The maximum absolute atomic E-state index is 12.1. The van der Waals surface area contributed by atoms with E-state index in [0.717, 1.165) is 18.8 Å². The average molecular weight is 485 g/mol. The highest BCUT2D eigenvalue weighted by Crippen LogP contribution is 2.76. The molecule has 0 radical (unpaired) electrons. The van der Waals surface area contributed by atoms with Crippen LogP contribution in [-0.2, 0) is 9.53 Å². The molecule has 0 heterocycles. The van der Waals surface area contributed by atoms with E-state index in [1.807, 2.05) is 0 Å². The molecule has 4 saturated carbocycles. The number of carbonyl (C=O) groups is 1. The van der Waals surface area contributed by atoms with Crippen molar-refractivity contribution < 1.29 is 14.6 Å². The van der Waals surface area contributed by atoms with Crippen LogP contribution in [0.25, 0.3) is 0 Å². The Morgan fingerprint density at radius 2 is 1.60 bits per heavy atom. The van der Waals surface area contributed by atoms with Gasteiger partial charge in [-0.15, -0.1) is 0 Å². The molecule has 5 aliphatic carbocycles. The zero-order chi connectivity index (χ0) is 25.8. The van der Waals surface area contributed by atoms with Gasteiger partial charge >= 0.3 is 5.97 Å². The number of hydrogen-bond donors (Lipinski definition) is 1. The molecular formula is C32H52O3. The van der Waals surface area contributed by atoms with Gasteiger partial charge < -0.3 is 9.84 Å². The average Bonchev–Trinajstić information content (AvgIpc) is 3.11. The molecule has 0 aromatic carbocycles. The molecule has 10 atom stereocenters. The molecule has 5 rings (SSSR count). The zero-order valence-corrected chi connectivity index (χ0v) is 24.0. The van der Waals surface area contributed by atoms with Crippen LogP contribution in [0.3, 0.4) is 0 Å². The number of aliphatic hydroxyl groups is 1. The summed E-state index contributed by atoms with van der Waals surface area (Å²) in [5.74, 6) is 2.96. The van der Waals surface area contributed by atoms with Gasteiger partial charge in [0.05, 0.1) is 6.10 Å². The van der Waals surface area contributed by atoms with E-state index in [2.05, 4.69) is 61.5 Å². The Kier molecular flexibility index (Phi) is 5.78. The third kappa shape index (κ3) is 3.15. The molecule has 0 aliphatic heterocycles. The molecular weight excluding hydrogens is 432 g/mol. The maximum atomic E-state index is 12.1. The van der Waals surface area contributed by atoms with Crippen LogP contribution in [-0.4, -0.2) is 23.3 Å². The first-order valence-electron chi connectivity index (χ1n) is 14.7. The summed E-state index contributed by atoms with van der Waals surface area (Å²) in [7, 11) is 0. The molecule has 0 aromatic heterocycles. The number of ether oxygens (including phenoxy) is 1. The topological polar surface area (TPSA) is 46.5 Å². The van der Waals surface area contributed by atoms with Crippen LogP contribution in [0.1, 0.15) is 114 Å².